The Morgan fingerprint density at radius 1 is 1.42 bits per heavy atom. The van der Waals surface area contributed by atoms with Crippen molar-refractivity contribution in [1.29, 1.82) is 0 Å². The first kappa shape index (κ1) is 9.96. The van der Waals surface area contributed by atoms with Crippen LogP contribution in [0.3, 0.4) is 0 Å². The molecule has 0 heterocycles. The summed E-state index contributed by atoms with van der Waals surface area (Å²) in [7, 11) is 0. The van der Waals surface area contributed by atoms with E-state index in [1.165, 1.54) is 0 Å². The number of hydrogen-bond acceptors (Lipinski definition) is 3. The van der Waals surface area contributed by atoms with Crippen LogP contribution in [0, 0.1) is 5.92 Å². The third kappa shape index (κ3) is 3.09. The Morgan fingerprint density at radius 2 is 2.08 bits per heavy atom. The lowest BCUT2D eigenvalue weighted by molar-refractivity contribution is -0.0459. The first-order chi connectivity index (χ1) is 5.75. The molecule has 1 aliphatic carbocycles. The molecule has 0 aromatic heterocycles. The predicted molar refractivity (Wildman–Crippen MR) is 45.8 cm³/mol. The topological polar surface area (TPSA) is 49.7 Å². The average molecular weight is 174 g/mol. The van der Waals surface area contributed by atoms with Crippen LogP contribution in [0.5, 0.6) is 0 Å². The highest BCUT2D eigenvalue weighted by atomic mass is 16.5. The molecule has 0 bridgehead atoms. The average Bonchev–Trinajstić information content (AvgIpc) is 2.86. The molecule has 0 radical (unpaired) electrons. The van der Waals surface area contributed by atoms with Crippen LogP contribution >= 0.6 is 0 Å². The summed E-state index contributed by atoms with van der Waals surface area (Å²) in [5.74, 6) is 0.324. The maximum Gasteiger partial charge on any atom is 0.103 e. The molecule has 0 amide bonds. The highest BCUT2D eigenvalue weighted by Crippen LogP contribution is 2.33. The zero-order chi connectivity index (χ0) is 8.97. The molecule has 2 unspecified atom stereocenters. The number of aliphatic hydroxyl groups excluding tert-OH is 2. The summed E-state index contributed by atoms with van der Waals surface area (Å²) in [4.78, 5) is 0. The second-order valence-electron chi connectivity index (χ2n) is 3.47. The van der Waals surface area contributed by atoms with E-state index >= 15 is 0 Å². The maximum atomic E-state index is 9.43. The monoisotopic (exact) mass is 174 g/mol. The van der Waals surface area contributed by atoms with Crippen LogP contribution in [-0.2, 0) is 4.74 Å². The molecular formula is C9H18O3. The number of rotatable bonds is 6. The van der Waals surface area contributed by atoms with E-state index in [-0.39, 0.29) is 6.61 Å². The van der Waals surface area contributed by atoms with Crippen LogP contribution in [0.25, 0.3) is 0 Å². The van der Waals surface area contributed by atoms with E-state index in [2.05, 4.69) is 0 Å². The van der Waals surface area contributed by atoms with E-state index < -0.39 is 12.2 Å². The highest BCUT2D eigenvalue weighted by molar-refractivity contribution is 4.85. The van der Waals surface area contributed by atoms with Gasteiger partial charge in [0.25, 0.3) is 0 Å². The quantitative estimate of drug-likeness (QED) is 0.578. The lowest BCUT2D eigenvalue weighted by Crippen LogP contribution is -2.32. The minimum absolute atomic E-state index is 0.269. The highest BCUT2D eigenvalue weighted by Gasteiger charge is 2.34. The van der Waals surface area contributed by atoms with Crippen molar-refractivity contribution < 1.29 is 14.9 Å². The summed E-state index contributed by atoms with van der Waals surface area (Å²) < 4.78 is 5.13. The fourth-order valence-electron chi connectivity index (χ4n) is 1.20. The second kappa shape index (κ2) is 4.80. The molecule has 1 rings (SSSR count). The SMILES string of the molecule is CCCOCC(O)C(O)C1CC1. The Labute approximate surface area is 73.4 Å². The van der Waals surface area contributed by atoms with Gasteiger partial charge in [-0.15, -0.1) is 0 Å². The van der Waals surface area contributed by atoms with Gasteiger partial charge >= 0.3 is 0 Å². The smallest absolute Gasteiger partial charge is 0.103 e. The molecule has 1 saturated carbocycles. The van der Waals surface area contributed by atoms with Gasteiger partial charge in [0.1, 0.15) is 6.10 Å². The van der Waals surface area contributed by atoms with E-state index in [0.29, 0.717) is 12.5 Å². The van der Waals surface area contributed by atoms with E-state index in [9.17, 15) is 10.2 Å². The lowest BCUT2D eigenvalue weighted by Gasteiger charge is -2.16. The minimum Gasteiger partial charge on any atom is -0.390 e. The van der Waals surface area contributed by atoms with Gasteiger partial charge in [-0.05, 0) is 25.2 Å². The summed E-state index contributed by atoms with van der Waals surface area (Å²) in [6.45, 7) is 2.95. The van der Waals surface area contributed by atoms with Crippen LogP contribution in [0.1, 0.15) is 26.2 Å². The zero-order valence-corrected chi connectivity index (χ0v) is 7.57. The van der Waals surface area contributed by atoms with Gasteiger partial charge in [-0.2, -0.15) is 0 Å². The molecule has 0 saturated heterocycles. The van der Waals surface area contributed by atoms with Crippen molar-refractivity contribution in [2.24, 2.45) is 5.92 Å². The number of ether oxygens (including phenoxy) is 1. The second-order valence-corrected chi connectivity index (χ2v) is 3.47. The number of hydrogen-bond donors (Lipinski definition) is 2. The Morgan fingerprint density at radius 3 is 2.58 bits per heavy atom. The molecule has 0 spiro atoms. The normalized spacial score (nSPS) is 22.2. The summed E-state index contributed by atoms with van der Waals surface area (Å²) in [5.41, 5.74) is 0. The van der Waals surface area contributed by atoms with Gasteiger partial charge in [0.05, 0.1) is 12.7 Å². The summed E-state index contributed by atoms with van der Waals surface area (Å²) >= 11 is 0. The Bertz CT molecular complexity index is 123. The van der Waals surface area contributed by atoms with Gasteiger partial charge in [-0.3, -0.25) is 0 Å². The van der Waals surface area contributed by atoms with Crippen molar-refractivity contribution in [3.63, 3.8) is 0 Å². The largest absolute Gasteiger partial charge is 0.390 e. The van der Waals surface area contributed by atoms with Gasteiger partial charge < -0.3 is 14.9 Å². The van der Waals surface area contributed by atoms with Crippen molar-refractivity contribution in [2.75, 3.05) is 13.2 Å². The van der Waals surface area contributed by atoms with Gasteiger partial charge in [-0.25, -0.2) is 0 Å². The molecular weight excluding hydrogens is 156 g/mol. The van der Waals surface area contributed by atoms with Crippen LogP contribution in [0.4, 0.5) is 0 Å². The van der Waals surface area contributed by atoms with Crippen LogP contribution < -0.4 is 0 Å². The standard InChI is InChI=1S/C9H18O3/c1-2-5-12-6-8(10)9(11)7-3-4-7/h7-11H,2-6H2,1H3. The Hall–Kier alpha value is -0.120. The molecule has 0 aliphatic heterocycles. The van der Waals surface area contributed by atoms with Gasteiger partial charge in [0.15, 0.2) is 0 Å². The summed E-state index contributed by atoms with van der Waals surface area (Å²) in [5, 5.41) is 18.8. The fraction of sp³-hybridized carbons (Fsp3) is 1.00. The van der Waals surface area contributed by atoms with Crippen molar-refractivity contribution >= 4 is 0 Å². The summed E-state index contributed by atoms with van der Waals surface area (Å²) in [6, 6.07) is 0. The molecule has 3 nitrogen and oxygen atoms in total. The fourth-order valence-corrected chi connectivity index (χ4v) is 1.20. The van der Waals surface area contributed by atoms with Crippen LogP contribution in [-0.4, -0.2) is 35.6 Å². The third-order valence-electron chi connectivity index (χ3n) is 2.14. The van der Waals surface area contributed by atoms with E-state index in [4.69, 9.17) is 4.74 Å². The zero-order valence-electron chi connectivity index (χ0n) is 7.57. The predicted octanol–water partition coefficient (Wildman–Crippen LogP) is 0.545. The molecule has 2 N–H and O–H groups in total. The van der Waals surface area contributed by atoms with Crippen LogP contribution in [0.2, 0.25) is 0 Å². The van der Waals surface area contributed by atoms with Gasteiger partial charge in [0.2, 0.25) is 0 Å². The van der Waals surface area contributed by atoms with Gasteiger partial charge in [-0.1, -0.05) is 6.92 Å². The molecule has 72 valence electrons. The summed E-state index contributed by atoms with van der Waals surface area (Å²) in [6.07, 6.45) is 1.79. The van der Waals surface area contributed by atoms with E-state index in [1.54, 1.807) is 0 Å². The Kier molecular flexibility index (Phi) is 3.98. The maximum absolute atomic E-state index is 9.43. The molecule has 0 aromatic rings. The Balaban J connectivity index is 2.04. The molecule has 3 heteroatoms. The van der Waals surface area contributed by atoms with Crippen molar-refractivity contribution in [1.82, 2.24) is 0 Å². The molecule has 1 aliphatic rings. The lowest BCUT2D eigenvalue weighted by atomic mass is 10.1. The first-order valence-electron chi connectivity index (χ1n) is 4.69. The minimum atomic E-state index is -0.691. The van der Waals surface area contributed by atoms with E-state index in [1.807, 2.05) is 6.92 Å². The number of aliphatic hydroxyl groups is 2. The van der Waals surface area contributed by atoms with Crippen molar-refractivity contribution in [3.8, 4) is 0 Å². The van der Waals surface area contributed by atoms with Crippen molar-refractivity contribution in [2.45, 2.75) is 38.4 Å². The molecule has 2 atom stereocenters. The first-order valence-corrected chi connectivity index (χ1v) is 4.69. The van der Waals surface area contributed by atoms with Crippen LogP contribution in [0.15, 0.2) is 0 Å². The van der Waals surface area contributed by atoms with E-state index in [0.717, 1.165) is 19.3 Å². The van der Waals surface area contributed by atoms with Crippen molar-refractivity contribution in [3.05, 3.63) is 0 Å². The third-order valence-corrected chi connectivity index (χ3v) is 2.14. The molecule has 12 heavy (non-hydrogen) atoms. The molecule has 1 fully saturated rings. The molecule has 0 aromatic carbocycles. The van der Waals surface area contributed by atoms with Gasteiger partial charge in [0, 0.05) is 6.61 Å².